The molecule has 0 amide bonds. The number of aromatic nitrogens is 5. The van der Waals surface area contributed by atoms with Crippen molar-refractivity contribution >= 4 is 11.8 Å². The molecule has 0 aliphatic heterocycles. The van der Waals surface area contributed by atoms with Crippen molar-refractivity contribution in [3.8, 4) is 0 Å². The molecule has 0 spiro atoms. The first-order chi connectivity index (χ1) is 9.40. The van der Waals surface area contributed by atoms with Gasteiger partial charge in [0.05, 0.1) is 6.54 Å². The minimum atomic E-state index is 0.802. The highest BCUT2D eigenvalue weighted by atomic mass is 32.2. The monoisotopic (exact) mass is 278 g/mol. The van der Waals surface area contributed by atoms with Gasteiger partial charge < -0.3 is 5.32 Å². The lowest BCUT2D eigenvalue weighted by molar-refractivity contribution is 0.517. The van der Waals surface area contributed by atoms with E-state index in [9.17, 15) is 0 Å². The Morgan fingerprint density at radius 3 is 3.16 bits per heavy atom. The van der Waals surface area contributed by atoms with Crippen molar-refractivity contribution in [2.45, 2.75) is 25.0 Å². The van der Waals surface area contributed by atoms with Crippen molar-refractivity contribution < 1.29 is 0 Å². The van der Waals surface area contributed by atoms with Crippen molar-refractivity contribution in [3.63, 3.8) is 0 Å². The molecule has 0 saturated heterocycles. The van der Waals surface area contributed by atoms with Crippen molar-refractivity contribution in [3.05, 3.63) is 30.1 Å². The van der Waals surface area contributed by atoms with Crippen molar-refractivity contribution in [1.29, 1.82) is 0 Å². The molecule has 0 radical (unpaired) electrons. The van der Waals surface area contributed by atoms with Gasteiger partial charge in [-0.05, 0) is 35.0 Å². The average Bonchev–Trinajstić information content (AvgIpc) is 2.88. The highest BCUT2D eigenvalue weighted by molar-refractivity contribution is 7.99. The number of nitrogens with zero attached hydrogens (tertiary/aromatic N) is 5. The normalized spacial score (nSPS) is 10.8. The van der Waals surface area contributed by atoms with Gasteiger partial charge in [-0.15, -0.1) is 5.10 Å². The van der Waals surface area contributed by atoms with Gasteiger partial charge >= 0.3 is 0 Å². The maximum atomic E-state index is 4.10. The number of nitrogens with one attached hydrogen (secondary N) is 1. The predicted molar refractivity (Wildman–Crippen MR) is 75.0 cm³/mol. The summed E-state index contributed by atoms with van der Waals surface area (Å²) in [5, 5.41) is 15.9. The number of tetrazole rings is 1. The van der Waals surface area contributed by atoms with Crippen molar-refractivity contribution in [2.75, 3.05) is 18.8 Å². The second kappa shape index (κ2) is 7.85. The zero-order valence-electron chi connectivity index (χ0n) is 11.0. The van der Waals surface area contributed by atoms with Gasteiger partial charge in [-0.3, -0.25) is 4.98 Å². The number of pyridine rings is 1. The Kier molecular flexibility index (Phi) is 5.77. The molecule has 0 atom stereocenters. The predicted octanol–water partition coefficient (Wildman–Crippen LogP) is 1.01. The molecule has 2 heterocycles. The van der Waals surface area contributed by atoms with E-state index in [1.807, 2.05) is 16.9 Å². The molecule has 0 unspecified atom stereocenters. The van der Waals surface area contributed by atoms with E-state index in [0.29, 0.717) is 0 Å². The molecule has 7 heteroatoms. The van der Waals surface area contributed by atoms with Crippen LogP contribution in [0, 0.1) is 0 Å². The molecule has 2 aromatic heterocycles. The molecule has 0 aromatic carbocycles. The Balaban J connectivity index is 1.78. The average molecular weight is 278 g/mol. The number of hydrogen-bond acceptors (Lipinski definition) is 6. The van der Waals surface area contributed by atoms with Crippen LogP contribution in [0.2, 0.25) is 0 Å². The minimum Gasteiger partial charge on any atom is -0.315 e. The van der Waals surface area contributed by atoms with Crippen molar-refractivity contribution in [2.24, 2.45) is 0 Å². The Bertz CT molecular complexity index is 472. The van der Waals surface area contributed by atoms with Crippen LogP contribution >= 0.6 is 11.8 Å². The summed E-state index contributed by atoms with van der Waals surface area (Å²) in [6, 6.07) is 4.04. The van der Waals surface area contributed by atoms with E-state index in [1.54, 1.807) is 18.0 Å². The minimum absolute atomic E-state index is 0.802. The van der Waals surface area contributed by atoms with Crippen molar-refractivity contribution in [1.82, 2.24) is 30.5 Å². The summed E-state index contributed by atoms with van der Waals surface area (Å²) in [6.07, 6.45) is 4.66. The molecular weight excluding hydrogens is 260 g/mol. The number of aryl methyl sites for hydroxylation is 1. The zero-order valence-corrected chi connectivity index (χ0v) is 11.8. The molecule has 0 aliphatic rings. The van der Waals surface area contributed by atoms with Gasteiger partial charge in [0, 0.05) is 24.7 Å². The van der Waals surface area contributed by atoms with Gasteiger partial charge in [-0.25, -0.2) is 4.68 Å². The number of thioether (sulfide) groups is 1. The van der Waals surface area contributed by atoms with E-state index >= 15 is 0 Å². The molecule has 0 aliphatic carbocycles. The molecule has 0 fully saturated rings. The third-order valence-corrected chi connectivity index (χ3v) is 3.55. The molecule has 6 nitrogen and oxygen atoms in total. The Morgan fingerprint density at radius 1 is 1.42 bits per heavy atom. The van der Waals surface area contributed by atoms with Crippen LogP contribution in [-0.2, 0) is 13.0 Å². The number of likely N-dealkylation sites (N-methyl/N-ethyl adjacent to an activating group) is 1. The largest absolute Gasteiger partial charge is 0.315 e. The fourth-order valence-electron chi connectivity index (χ4n) is 1.61. The molecule has 102 valence electrons. The van der Waals surface area contributed by atoms with Crippen LogP contribution in [0.3, 0.4) is 0 Å². The maximum Gasteiger partial charge on any atom is 0.209 e. The van der Waals surface area contributed by atoms with E-state index in [1.165, 1.54) is 5.56 Å². The summed E-state index contributed by atoms with van der Waals surface area (Å²) in [5.41, 5.74) is 1.24. The first-order valence-corrected chi connectivity index (χ1v) is 7.37. The SMILES string of the molecule is CCNCCn1nnnc1SCCc1cccnc1. The van der Waals surface area contributed by atoms with E-state index in [2.05, 4.69) is 38.8 Å². The lowest BCUT2D eigenvalue weighted by Gasteiger charge is -2.04. The highest BCUT2D eigenvalue weighted by Gasteiger charge is 2.06. The summed E-state index contributed by atoms with van der Waals surface area (Å²) in [6.45, 7) is 4.74. The topological polar surface area (TPSA) is 68.5 Å². The zero-order chi connectivity index (χ0) is 13.3. The first kappa shape index (κ1) is 14.0. The summed E-state index contributed by atoms with van der Waals surface area (Å²) in [7, 11) is 0. The lowest BCUT2D eigenvalue weighted by Crippen LogP contribution is -2.20. The van der Waals surface area contributed by atoms with Gasteiger partial charge in [0.15, 0.2) is 0 Å². The van der Waals surface area contributed by atoms with Crippen LogP contribution in [-0.4, -0.2) is 44.0 Å². The van der Waals surface area contributed by atoms with Crippen LogP contribution in [0.5, 0.6) is 0 Å². The smallest absolute Gasteiger partial charge is 0.209 e. The fraction of sp³-hybridized carbons (Fsp3) is 0.500. The van der Waals surface area contributed by atoms with Gasteiger partial charge in [-0.2, -0.15) is 0 Å². The highest BCUT2D eigenvalue weighted by Crippen LogP contribution is 2.15. The third-order valence-electron chi connectivity index (χ3n) is 2.59. The first-order valence-electron chi connectivity index (χ1n) is 6.38. The Hall–Kier alpha value is -1.47. The number of hydrogen-bond donors (Lipinski definition) is 1. The van der Waals surface area contributed by atoms with Crippen LogP contribution in [0.4, 0.5) is 0 Å². The fourth-order valence-corrected chi connectivity index (χ4v) is 2.50. The van der Waals surface area contributed by atoms with Gasteiger partial charge in [0.2, 0.25) is 5.16 Å². The maximum absolute atomic E-state index is 4.10. The second-order valence-corrected chi connectivity index (χ2v) is 5.06. The van der Waals surface area contributed by atoms with E-state index < -0.39 is 0 Å². The third kappa shape index (κ3) is 4.60. The lowest BCUT2D eigenvalue weighted by atomic mass is 10.2. The Labute approximate surface area is 117 Å². The molecule has 0 bridgehead atoms. The van der Waals surface area contributed by atoms with Gasteiger partial charge in [0.1, 0.15) is 0 Å². The summed E-state index contributed by atoms with van der Waals surface area (Å²) >= 11 is 1.68. The number of rotatable bonds is 8. The summed E-state index contributed by atoms with van der Waals surface area (Å²) in [5.74, 6) is 0.952. The van der Waals surface area contributed by atoms with Gasteiger partial charge in [-0.1, -0.05) is 24.8 Å². The molecule has 19 heavy (non-hydrogen) atoms. The van der Waals surface area contributed by atoms with Crippen LogP contribution in [0.25, 0.3) is 0 Å². The van der Waals surface area contributed by atoms with Crippen LogP contribution in [0.1, 0.15) is 12.5 Å². The quantitative estimate of drug-likeness (QED) is 0.574. The molecule has 0 saturated carbocycles. The standard InChI is InChI=1S/C12H18N6S/c1-2-13-7-8-18-12(15-16-17-18)19-9-5-11-4-3-6-14-10-11/h3-4,6,10,13H,2,5,7-9H2,1H3. The molecule has 1 N–H and O–H groups in total. The van der Waals surface area contributed by atoms with Crippen LogP contribution < -0.4 is 5.32 Å². The molecular formula is C12H18N6S. The van der Waals surface area contributed by atoms with E-state index in [-0.39, 0.29) is 0 Å². The molecule has 2 rings (SSSR count). The Morgan fingerprint density at radius 2 is 2.37 bits per heavy atom. The van der Waals surface area contributed by atoms with Crippen LogP contribution in [0.15, 0.2) is 29.7 Å². The summed E-state index contributed by atoms with van der Waals surface area (Å²) in [4.78, 5) is 4.10. The second-order valence-electron chi connectivity index (χ2n) is 4.00. The molecule has 2 aromatic rings. The van der Waals surface area contributed by atoms with Gasteiger partial charge in [0.25, 0.3) is 0 Å². The van der Waals surface area contributed by atoms with E-state index in [0.717, 1.165) is 37.0 Å². The summed E-state index contributed by atoms with van der Waals surface area (Å²) < 4.78 is 1.84. The van der Waals surface area contributed by atoms with E-state index in [4.69, 9.17) is 0 Å².